The number of hydrogen-bond acceptors (Lipinski definition) is 7. The van der Waals surface area contributed by atoms with E-state index in [0.29, 0.717) is 27.8 Å². The van der Waals surface area contributed by atoms with Crippen molar-refractivity contribution in [3.05, 3.63) is 76.7 Å². The van der Waals surface area contributed by atoms with Gasteiger partial charge in [-0.05, 0) is 31.5 Å². The van der Waals surface area contributed by atoms with Crippen LogP contribution in [-0.4, -0.2) is 30.6 Å². The van der Waals surface area contributed by atoms with Crippen molar-refractivity contribution < 1.29 is 28.2 Å². The molecule has 2 aromatic heterocycles. The lowest BCUT2D eigenvalue weighted by Crippen LogP contribution is -2.14. The summed E-state index contributed by atoms with van der Waals surface area (Å²) in [4.78, 5) is 30.2. The van der Waals surface area contributed by atoms with Gasteiger partial charge in [0.1, 0.15) is 12.2 Å². The summed E-state index contributed by atoms with van der Waals surface area (Å²) in [5.74, 6) is -1.11. The maximum Gasteiger partial charge on any atom is 0.374 e. The van der Waals surface area contributed by atoms with Crippen LogP contribution >= 0.6 is 0 Å². The topological polar surface area (TPSA) is 87.9 Å². The molecule has 0 atom stereocenters. The van der Waals surface area contributed by atoms with E-state index < -0.39 is 11.9 Å². The van der Waals surface area contributed by atoms with E-state index in [1.165, 1.54) is 0 Å². The number of para-hydroxylation sites is 2. The Morgan fingerprint density at radius 3 is 2.41 bits per heavy atom. The Labute approximate surface area is 184 Å². The first-order valence-corrected chi connectivity index (χ1v) is 10.3. The second-order valence-electron chi connectivity index (χ2n) is 7.21. The fourth-order valence-electron chi connectivity index (χ4n) is 3.77. The Kier molecular flexibility index (Phi) is 6.18. The molecule has 7 nitrogen and oxygen atoms in total. The number of benzene rings is 2. The summed E-state index contributed by atoms with van der Waals surface area (Å²) in [6, 6.07) is 14.8. The normalized spacial score (nSPS) is 11.1. The number of methoxy groups -OCH3 is 1. The third-order valence-electron chi connectivity index (χ3n) is 5.22. The van der Waals surface area contributed by atoms with Crippen molar-refractivity contribution in [2.24, 2.45) is 0 Å². The van der Waals surface area contributed by atoms with Crippen molar-refractivity contribution in [3.63, 3.8) is 0 Å². The van der Waals surface area contributed by atoms with Crippen LogP contribution in [0.25, 0.3) is 21.9 Å². The predicted molar refractivity (Wildman–Crippen MR) is 118 cm³/mol. The number of furan rings is 1. The number of rotatable bonds is 7. The van der Waals surface area contributed by atoms with Gasteiger partial charge in [-0.15, -0.1) is 0 Å². The highest BCUT2D eigenvalue weighted by Crippen LogP contribution is 2.29. The van der Waals surface area contributed by atoms with E-state index in [9.17, 15) is 9.59 Å². The largest absolute Gasteiger partial charge is 0.460 e. The van der Waals surface area contributed by atoms with E-state index in [1.807, 2.05) is 43.3 Å². The summed E-state index contributed by atoms with van der Waals surface area (Å²) < 4.78 is 21.7. The summed E-state index contributed by atoms with van der Waals surface area (Å²) in [6.07, 6.45) is 0. The Bertz CT molecular complexity index is 1310. The minimum atomic E-state index is -0.599. The zero-order chi connectivity index (χ0) is 22.7. The molecule has 0 amide bonds. The Balaban J connectivity index is 1.70. The Morgan fingerprint density at radius 1 is 0.938 bits per heavy atom. The molecule has 164 valence electrons. The Hall–Kier alpha value is -3.71. The molecular formula is C25H23NO6. The van der Waals surface area contributed by atoms with E-state index in [1.54, 1.807) is 26.2 Å². The molecule has 0 spiro atoms. The number of fused-ring (bicyclic) bond motifs is 2. The maximum absolute atomic E-state index is 13.2. The van der Waals surface area contributed by atoms with E-state index in [0.717, 1.165) is 16.5 Å². The molecule has 7 heteroatoms. The van der Waals surface area contributed by atoms with Gasteiger partial charge in [-0.25, -0.2) is 14.6 Å². The number of carbonyl (C=O) groups is 2. The summed E-state index contributed by atoms with van der Waals surface area (Å²) >= 11 is 0. The second kappa shape index (κ2) is 9.20. The minimum Gasteiger partial charge on any atom is -0.460 e. The number of nitrogens with zero attached hydrogens (tertiary/aromatic N) is 1. The molecule has 0 unspecified atom stereocenters. The molecule has 2 aromatic carbocycles. The fourth-order valence-corrected chi connectivity index (χ4v) is 3.77. The molecule has 0 aliphatic carbocycles. The van der Waals surface area contributed by atoms with Crippen LogP contribution in [0.5, 0.6) is 0 Å². The van der Waals surface area contributed by atoms with Crippen molar-refractivity contribution in [2.75, 3.05) is 13.7 Å². The molecule has 0 saturated carbocycles. The fraction of sp³-hybridized carbons (Fsp3) is 0.240. The molecule has 0 aliphatic heterocycles. The summed E-state index contributed by atoms with van der Waals surface area (Å²) in [5, 5.41) is 1.55. The first-order chi connectivity index (χ1) is 15.5. The first kappa shape index (κ1) is 21.5. The third kappa shape index (κ3) is 3.94. The molecule has 0 radical (unpaired) electrons. The molecule has 0 N–H and O–H groups in total. The van der Waals surface area contributed by atoms with Gasteiger partial charge in [-0.3, -0.25) is 0 Å². The SMILES string of the molecule is CCOC(=O)c1oc2ccccc2c1COC(=O)c1c(COC)nc2ccccc2c1C. The van der Waals surface area contributed by atoms with Crippen molar-refractivity contribution in [2.45, 2.75) is 27.1 Å². The van der Waals surface area contributed by atoms with E-state index in [2.05, 4.69) is 4.98 Å². The van der Waals surface area contributed by atoms with Gasteiger partial charge in [0, 0.05) is 17.9 Å². The summed E-state index contributed by atoms with van der Waals surface area (Å²) in [5.41, 5.74) is 3.37. The average molecular weight is 433 g/mol. The van der Waals surface area contributed by atoms with Crippen LogP contribution in [0.2, 0.25) is 0 Å². The lowest BCUT2D eigenvalue weighted by molar-refractivity contribution is 0.0431. The molecular weight excluding hydrogens is 410 g/mol. The number of ether oxygens (including phenoxy) is 3. The molecule has 4 rings (SSSR count). The zero-order valence-corrected chi connectivity index (χ0v) is 18.1. The maximum atomic E-state index is 13.2. The van der Waals surface area contributed by atoms with E-state index in [4.69, 9.17) is 18.6 Å². The highest BCUT2D eigenvalue weighted by Gasteiger charge is 2.25. The minimum absolute atomic E-state index is 0.0336. The van der Waals surface area contributed by atoms with Crippen LogP contribution in [0.15, 0.2) is 52.9 Å². The number of carbonyl (C=O) groups excluding carboxylic acids is 2. The van der Waals surface area contributed by atoms with Gasteiger partial charge in [-0.1, -0.05) is 36.4 Å². The van der Waals surface area contributed by atoms with Crippen LogP contribution in [0.1, 0.15) is 44.7 Å². The molecule has 32 heavy (non-hydrogen) atoms. The molecule has 0 fully saturated rings. The number of hydrogen-bond donors (Lipinski definition) is 0. The first-order valence-electron chi connectivity index (χ1n) is 10.3. The van der Waals surface area contributed by atoms with Crippen LogP contribution in [-0.2, 0) is 27.4 Å². The molecule has 4 aromatic rings. The van der Waals surface area contributed by atoms with Gasteiger partial charge in [0.25, 0.3) is 0 Å². The van der Waals surface area contributed by atoms with E-state index >= 15 is 0 Å². The predicted octanol–water partition coefficient (Wildman–Crippen LogP) is 4.97. The van der Waals surface area contributed by atoms with Crippen LogP contribution in [0, 0.1) is 6.92 Å². The van der Waals surface area contributed by atoms with Crippen molar-refractivity contribution in [3.8, 4) is 0 Å². The van der Waals surface area contributed by atoms with Crippen LogP contribution < -0.4 is 0 Å². The lowest BCUT2D eigenvalue weighted by atomic mass is 10.0. The highest BCUT2D eigenvalue weighted by molar-refractivity contribution is 5.99. The monoisotopic (exact) mass is 433 g/mol. The molecule has 0 saturated heterocycles. The Morgan fingerprint density at radius 2 is 1.66 bits per heavy atom. The molecule has 0 aliphatic rings. The van der Waals surface area contributed by atoms with Crippen molar-refractivity contribution in [1.29, 1.82) is 0 Å². The number of pyridine rings is 1. The van der Waals surface area contributed by atoms with Gasteiger partial charge >= 0.3 is 11.9 Å². The standard InChI is InChI=1S/C25H23NO6/c1-4-30-25(28)23-18(17-10-6-8-12-21(17)32-23)13-31-24(27)22-15(2)16-9-5-7-11-19(16)26-20(22)14-29-3/h5-12H,4,13-14H2,1-3H3. The summed E-state index contributed by atoms with van der Waals surface area (Å²) in [6.45, 7) is 3.79. The van der Waals surface area contributed by atoms with Crippen LogP contribution in [0.3, 0.4) is 0 Å². The molecule has 0 bridgehead atoms. The lowest BCUT2D eigenvalue weighted by Gasteiger charge is -2.14. The van der Waals surface area contributed by atoms with Gasteiger partial charge < -0.3 is 18.6 Å². The van der Waals surface area contributed by atoms with Gasteiger partial charge in [0.15, 0.2) is 0 Å². The quantitative estimate of drug-likeness (QED) is 0.380. The highest BCUT2D eigenvalue weighted by atomic mass is 16.5. The third-order valence-corrected chi connectivity index (χ3v) is 5.22. The van der Waals surface area contributed by atoms with Crippen molar-refractivity contribution >= 4 is 33.8 Å². The smallest absolute Gasteiger partial charge is 0.374 e. The van der Waals surface area contributed by atoms with Gasteiger partial charge in [-0.2, -0.15) is 0 Å². The summed E-state index contributed by atoms with van der Waals surface area (Å²) in [7, 11) is 1.55. The van der Waals surface area contributed by atoms with Crippen molar-refractivity contribution in [1.82, 2.24) is 4.98 Å². The number of aromatic nitrogens is 1. The second-order valence-corrected chi connectivity index (χ2v) is 7.21. The molecule has 2 heterocycles. The average Bonchev–Trinajstić information content (AvgIpc) is 3.17. The zero-order valence-electron chi connectivity index (χ0n) is 18.1. The van der Waals surface area contributed by atoms with Crippen LogP contribution in [0.4, 0.5) is 0 Å². The van der Waals surface area contributed by atoms with Gasteiger partial charge in [0.2, 0.25) is 5.76 Å². The number of aryl methyl sites for hydroxylation is 1. The van der Waals surface area contributed by atoms with Gasteiger partial charge in [0.05, 0.1) is 35.6 Å². The van der Waals surface area contributed by atoms with E-state index in [-0.39, 0.29) is 25.6 Å². The number of esters is 2.